The number of rotatable bonds is 6. The van der Waals surface area contributed by atoms with E-state index in [4.69, 9.17) is 4.74 Å². The molecule has 2 rings (SSSR count). The van der Waals surface area contributed by atoms with Crippen molar-refractivity contribution in [1.29, 1.82) is 0 Å². The summed E-state index contributed by atoms with van der Waals surface area (Å²) in [6.45, 7) is 3.07. The first-order valence-electron chi connectivity index (χ1n) is 7.24. The fourth-order valence-electron chi connectivity index (χ4n) is 2.17. The van der Waals surface area contributed by atoms with Crippen LogP contribution < -0.4 is 5.32 Å². The Kier molecular flexibility index (Phi) is 4.82. The Bertz CT molecular complexity index is 683. The molecule has 1 aromatic carbocycles. The molecule has 1 N–H and O–H groups in total. The van der Waals surface area contributed by atoms with Gasteiger partial charge in [-0.3, -0.25) is 24.6 Å². The molecule has 1 aliphatic heterocycles. The summed E-state index contributed by atoms with van der Waals surface area (Å²) in [5.74, 6) is -0.964. The highest BCUT2D eigenvalue weighted by atomic mass is 16.6. The number of carbonyl (C=O) groups excluding carboxylic acids is 3. The molecule has 0 atom stereocenters. The van der Waals surface area contributed by atoms with Gasteiger partial charge in [-0.05, 0) is 31.5 Å². The number of non-ortho nitro benzene ring substituents is 1. The summed E-state index contributed by atoms with van der Waals surface area (Å²) in [4.78, 5) is 46.3. The molecule has 0 aliphatic carbocycles. The van der Waals surface area contributed by atoms with Crippen LogP contribution in [0.2, 0.25) is 0 Å². The fourth-order valence-corrected chi connectivity index (χ4v) is 2.17. The van der Waals surface area contributed by atoms with Crippen molar-refractivity contribution in [2.45, 2.75) is 32.4 Å². The monoisotopic (exact) mass is 335 g/mol. The summed E-state index contributed by atoms with van der Waals surface area (Å²) < 4.78 is 5.03. The van der Waals surface area contributed by atoms with E-state index in [1.54, 1.807) is 13.8 Å². The number of imide groups is 1. The van der Waals surface area contributed by atoms with E-state index in [0.717, 1.165) is 4.90 Å². The molecule has 1 aliphatic rings. The lowest BCUT2D eigenvalue weighted by atomic mass is 10.1. The molecule has 3 amide bonds. The summed E-state index contributed by atoms with van der Waals surface area (Å²) in [7, 11) is 0. The second-order valence-electron chi connectivity index (χ2n) is 5.85. The van der Waals surface area contributed by atoms with Gasteiger partial charge in [-0.2, -0.15) is 0 Å². The maximum atomic E-state index is 12.0. The average molecular weight is 335 g/mol. The molecular formula is C15H17N3O6. The number of urea groups is 1. The Hall–Kier alpha value is -2.97. The molecule has 128 valence electrons. The third-order valence-electron chi connectivity index (χ3n) is 3.53. The summed E-state index contributed by atoms with van der Waals surface area (Å²) >= 11 is 0. The number of hydrogen-bond acceptors (Lipinski definition) is 6. The summed E-state index contributed by atoms with van der Waals surface area (Å²) in [6, 6.07) is 5.08. The Morgan fingerprint density at radius 1 is 1.29 bits per heavy atom. The number of amides is 3. The van der Waals surface area contributed by atoms with Gasteiger partial charge >= 0.3 is 12.0 Å². The molecule has 0 aromatic heterocycles. The number of benzene rings is 1. The normalized spacial score (nSPS) is 16.0. The number of carbonyl (C=O) groups is 3. The van der Waals surface area contributed by atoms with Gasteiger partial charge in [0.25, 0.3) is 11.6 Å². The summed E-state index contributed by atoms with van der Waals surface area (Å²) in [5.41, 5.74) is -0.420. The van der Waals surface area contributed by atoms with E-state index in [-0.39, 0.29) is 25.3 Å². The number of nitro benzene ring substituents is 1. The highest BCUT2D eigenvalue weighted by molar-refractivity contribution is 6.06. The predicted molar refractivity (Wildman–Crippen MR) is 81.8 cm³/mol. The van der Waals surface area contributed by atoms with Crippen LogP contribution in [0.15, 0.2) is 24.3 Å². The van der Waals surface area contributed by atoms with Crippen LogP contribution >= 0.6 is 0 Å². The number of nitrogens with one attached hydrogen (secondary N) is 1. The number of ether oxygens (including phenoxy) is 1. The van der Waals surface area contributed by atoms with Gasteiger partial charge in [-0.25, -0.2) is 4.79 Å². The average Bonchev–Trinajstić information content (AvgIpc) is 2.71. The van der Waals surface area contributed by atoms with Gasteiger partial charge in [0, 0.05) is 18.7 Å². The van der Waals surface area contributed by atoms with Crippen LogP contribution in [0.1, 0.15) is 25.8 Å². The second-order valence-corrected chi connectivity index (χ2v) is 5.85. The molecule has 1 saturated heterocycles. The Labute approximate surface area is 137 Å². The van der Waals surface area contributed by atoms with Crippen LogP contribution in [0.25, 0.3) is 0 Å². The van der Waals surface area contributed by atoms with Crippen molar-refractivity contribution in [1.82, 2.24) is 10.2 Å². The Morgan fingerprint density at radius 3 is 2.42 bits per heavy atom. The first kappa shape index (κ1) is 17.4. The van der Waals surface area contributed by atoms with E-state index >= 15 is 0 Å². The van der Waals surface area contributed by atoms with E-state index in [1.165, 1.54) is 24.3 Å². The van der Waals surface area contributed by atoms with Gasteiger partial charge in [-0.15, -0.1) is 0 Å². The van der Waals surface area contributed by atoms with Gasteiger partial charge in [0.1, 0.15) is 12.1 Å². The third-order valence-corrected chi connectivity index (χ3v) is 3.53. The second kappa shape index (κ2) is 6.65. The highest BCUT2D eigenvalue weighted by Crippen LogP contribution is 2.17. The van der Waals surface area contributed by atoms with Gasteiger partial charge < -0.3 is 10.1 Å². The molecule has 0 saturated carbocycles. The molecule has 0 unspecified atom stereocenters. The number of hydrogen-bond donors (Lipinski definition) is 1. The minimum Gasteiger partial charge on any atom is -0.461 e. The zero-order chi connectivity index (χ0) is 17.9. The maximum Gasteiger partial charge on any atom is 0.325 e. The SMILES string of the molecule is CC1(C)NC(=O)N(CCC(=O)OCc2ccc([N+](=O)[O-])cc2)C1=O. The lowest BCUT2D eigenvalue weighted by Crippen LogP contribution is -2.40. The van der Waals surface area contributed by atoms with E-state index in [2.05, 4.69) is 5.32 Å². The fraction of sp³-hybridized carbons (Fsp3) is 0.400. The molecule has 1 aromatic rings. The van der Waals surface area contributed by atoms with E-state index in [1.807, 2.05) is 0 Å². The van der Waals surface area contributed by atoms with Crippen LogP contribution in [0.3, 0.4) is 0 Å². The first-order valence-corrected chi connectivity index (χ1v) is 7.24. The van der Waals surface area contributed by atoms with E-state index < -0.39 is 28.4 Å². The van der Waals surface area contributed by atoms with Crippen LogP contribution in [-0.2, 0) is 20.9 Å². The molecule has 0 spiro atoms. The predicted octanol–water partition coefficient (Wildman–Crippen LogP) is 1.36. The lowest BCUT2D eigenvalue weighted by Gasteiger charge is -2.15. The van der Waals surface area contributed by atoms with Crippen molar-refractivity contribution >= 4 is 23.6 Å². The molecule has 0 bridgehead atoms. The zero-order valence-electron chi connectivity index (χ0n) is 13.3. The van der Waals surface area contributed by atoms with Crippen LogP contribution in [0.5, 0.6) is 0 Å². The number of nitrogens with zero attached hydrogens (tertiary/aromatic N) is 2. The summed E-state index contributed by atoms with van der Waals surface area (Å²) in [5, 5.41) is 13.1. The summed E-state index contributed by atoms with van der Waals surface area (Å²) in [6.07, 6.45) is -0.123. The first-order chi connectivity index (χ1) is 11.2. The van der Waals surface area contributed by atoms with Crippen molar-refractivity contribution < 1.29 is 24.0 Å². The standard InChI is InChI=1S/C15H17N3O6/c1-15(2)13(20)17(14(21)16-15)8-7-12(19)24-9-10-3-5-11(6-4-10)18(22)23/h3-6H,7-9H2,1-2H3,(H,16,21). The molecule has 9 heteroatoms. The number of esters is 1. The van der Waals surface area contributed by atoms with Crippen LogP contribution in [0.4, 0.5) is 10.5 Å². The zero-order valence-corrected chi connectivity index (χ0v) is 13.3. The number of nitro groups is 1. The Morgan fingerprint density at radius 2 is 1.92 bits per heavy atom. The van der Waals surface area contributed by atoms with E-state index in [9.17, 15) is 24.5 Å². The van der Waals surface area contributed by atoms with Gasteiger partial charge in [0.2, 0.25) is 0 Å². The van der Waals surface area contributed by atoms with Crippen molar-refractivity contribution in [2.75, 3.05) is 6.54 Å². The minimum atomic E-state index is -0.972. The van der Waals surface area contributed by atoms with Crippen molar-refractivity contribution in [2.24, 2.45) is 0 Å². The Balaban J connectivity index is 1.81. The van der Waals surface area contributed by atoms with Gasteiger partial charge in [0.05, 0.1) is 11.3 Å². The highest BCUT2D eigenvalue weighted by Gasteiger charge is 2.44. The van der Waals surface area contributed by atoms with Gasteiger partial charge in [0.15, 0.2) is 0 Å². The largest absolute Gasteiger partial charge is 0.461 e. The lowest BCUT2D eigenvalue weighted by molar-refractivity contribution is -0.384. The maximum absolute atomic E-state index is 12.0. The minimum absolute atomic E-state index is 0.0392. The quantitative estimate of drug-likeness (QED) is 0.363. The van der Waals surface area contributed by atoms with Gasteiger partial charge in [-0.1, -0.05) is 0 Å². The van der Waals surface area contributed by atoms with Crippen LogP contribution in [-0.4, -0.2) is 39.8 Å². The molecule has 0 radical (unpaired) electrons. The molecule has 1 heterocycles. The smallest absolute Gasteiger partial charge is 0.325 e. The third kappa shape index (κ3) is 3.86. The molecule has 1 fully saturated rings. The van der Waals surface area contributed by atoms with Crippen molar-refractivity contribution in [3.63, 3.8) is 0 Å². The van der Waals surface area contributed by atoms with E-state index in [0.29, 0.717) is 5.56 Å². The molecule has 9 nitrogen and oxygen atoms in total. The molecular weight excluding hydrogens is 318 g/mol. The van der Waals surface area contributed by atoms with Crippen molar-refractivity contribution in [3.8, 4) is 0 Å². The van der Waals surface area contributed by atoms with Crippen LogP contribution in [0, 0.1) is 10.1 Å². The van der Waals surface area contributed by atoms with Crippen molar-refractivity contribution in [3.05, 3.63) is 39.9 Å². The molecule has 24 heavy (non-hydrogen) atoms. The topological polar surface area (TPSA) is 119 Å².